The molecule has 8 heteroatoms. The molecule has 0 atom stereocenters. The molecule has 0 aliphatic heterocycles. The number of nitrogens with one attached hydrogen (secondary N) is 1. The molecule has 2 aromatic rings. The van der Waals surface area contributed by atoms with Crippen LogP contribution in [0.5, 0.6) is 5.75 Å². The van der Waals surface area contributed by atoms with Crippen molar-refractivity contribution in [3.63, 3.8) is 0 Å². The van der Waals surface area contributed by atoms with Gasteiger partial charge >= 0.3 is 0 Å². The Morgan fingerprint density at radius 3 is 2.70 bits per heavy atom. The summed E-state index contributed by atoms with van der Waals surface area (Å²) in [7, 11) is -2.21. The summed E-state index contributed by atoms with van der Waals surface area (Å²) in [5, 5.41) is 3.94. The van der Waals surface area contributed by atoms with E-state index in [4.69, 9.17) is 20.9 Å². The molecule has 0 aliphatic rings. The van der Waals surface area contributed by atoms with Gasteiger partial charge in [-0.25, -0.2) is 13.1 Å². The van der Waals surface area contributed by atoms with E-state index in [1.807, 2.05) is 0 Å². The predicted molar refractivity (Wildman–Crippen MR) is 73.3 cm³/mol. The van der Waals surface area contributed by atoms with E-state index in [0.29, 0.717) is 17.2 Å². The van der Waals surface area contributed by atoms with E-state index >= 15 is 0 Å². The van der Waals surface area contributed by atoms with Gasteiger partial charge in [0.2, 0.25) is 10.0 Å². The first-order valence-corrected chi connectivity index (χ1v) is 7.54. The van der Waals surface area contributed by atoms with E-state index in [-0.39, 0.29) is 16.5 Å². The zero-order valence-electron chi connectivity index (χ0n) is 10.9. The van der Waals surface area contributed by atoms with Crippen LogP contribution in [0.3, 0.4) is 0 Å². The van der Waals surface area contributed by atoms with Crippen molar-refractivity contribution in [3.8, 4) is 5.75 Å². The Balaban J connectivity index is 2.15. The van der Waals surface area contributed by atoms with Gasteiger partial charge in [0, 0.05) is 6.07 Å². The second-order valence-electron chi connectivity index (χ2n) is 4.05. The molecule has 20 heavy (non-hydrogen) atoms. The molecule has 2 rings (SSSR count). The highest BCUT2D eigenvalue weighted by Gasteiger charge is 2.16. The molecule has 108 valence electrons. The Hall–Kier alpha value is -1.57. The summed E-state index contributed by atoms with van der Waals surface area (Å²) in [6.45, 7) is 1.78. The van der Waals surface area contributed by atoms with E-state index in [1.54, 1.807) is 13.0 Å². The van der Waals surface area contributed by atoms with Crippen molar-refractivity contribution in [1.82, 2.24) is 9.88 Å². The Morgan fingerprint density at radius 2 is 2.15 bits per heavy atom. The molecule has 1 N–H and O–H groups in total. The van der Waals surface area contributed by atoms with E-state index in [1.165, 1.54) is 25.3 Å². The summed E-state index contributed by atoms with van der Waals surface area (Å²) in [5.41, 5.74) is 0.505. The third-order valence-corrected chi connectivity index (χ3v) is 4.25. The molecule has 0 unspecified atom stereocenters. The van der Waals surface area contributed by atoms with Crippen LogP contribution in [0, 0.1) is 6.92 Å². The van der Waals surface area contributed by atoms with Crippen LogP contribution in [0.4, 0.5) is 0 Å². The van der Waals surface area contributed by atoms with Gasteiger partial charge < -0.3 is 9.26 Å². The zero-order valence-corrected chi connectivity index (χ0v) is 12.5. The Kier molecular flexibility index (Phi) is 4.32. The van der Waals surface area contributed by atoms with Crippen LogP contribution in [-0.2, 0) is 16.6 Å². The fraction of sp³-hybridized carbons (Fsp3) is 0.250. The molecule has 0 saturated heterocycles. The minimum atomic E-state index is -3.67. The molecule has 1 aromatic heterocycles. The quantitative estimate of drug-likeness (QED) is 0.913. The van der Waals surface area contributed by atoms with Crippen LogP contribution in [0.2, 0.25) is 5.02 Å². The second kappa shape index (κ2) is 5.82. The van der Waals surface area contributed by atoms with Crippen molar-refractivity contribution in [2.75, 3.05) is 7.11 Å². The molecule has 0 spiro atoms. The van der Waals surface area contributed by atoms with Gasteiger partial charge in [-0.3, -0.25) is 0 Å². The normalized spacial score (nSPS) is 11.6. The molecule has 6 nitrogen and oxygen atoms in total. The van der Waals surface area contributed by atoms with Crippen molar-refractivity contribution >= 4 is 21.6 Å². The summed E-state index contributed by atoms with van der Waals surface area (Å²) >= 11 is 5.91. The summed E-state index contributed by atoms with van der Waals surface area (Å²) in [6, 6.07) is 5.90. The number of nitrogens with zero attached hydrogens (tertiary/aromatic N) is 1. The van der Waals surface area contributed by atoms with Gasteiger partial charge in [0.1, 0.15) is 11.5 Å². The highest BCUT2D eigenvalue weighted by Crippen LogP contribution is 2.26. The van der Waals surface area contributed by atoms with Crippen molar-refractivity contribution in [2.45, 2.75) is 18.4 Å². The van der Waals surface area contributed by atoms with Gasteiger partial charge in [-0.2, -0.15) is 0 Å². The summed E-state index contributed by atoms with van der Waals surface area (Å²) < 4.78 is 36.4. The van der Waals surface area contributed by atoms with Gasteiger partial charge in [-0.15, -0.1) is 0 Å². The predicted octanol–water partition coefficient (Wildman–Crippen LogP) is 2.12. The van der Waals surface area contributed by atoms with Gasteiger partial charge in [-0.1, -0.05) is 16.8 Å². The number of rotatable bonds is 5. The lowest BCUT2D eigenvalue weighted by Crippen LogP contribution is -2.23. The average Bonchev–Trinajstić information content (AvgIpc) is 2.82. The number of sulfonamides is 1. The molecule has 0 bridgehead atoms. The zero-order chi connectivity index (χ0) is 14.8. The maximum Gasteiger partial charge on any atom is 0.240 e. The fourth-order valence-corrected chi connectivity index (χ4v) is 2.91. The number of methoxy groups -OCH3 is 1. The van der Waals surface area contributed by atoms with Crippen molar-refractivity contribution in [3.05, 3.63) is 40.7 Å². The minimum absolute atomic E-state index is 0.0450. The van der Waals surface area contributed by atoms with Crippen LogP contribution in [0.15, 0.2) is 33.7 Å². The molecule has 0 radical (unpaired) electrons. The first-order valence-electron chi connectivity index (χ1n) is 5.68. The fourth-order valence-electron chi connectivity index (χ4n) is 1.57. The summed E-state index contributed by atoms with van der Waals surface area (Å²) in [5.74, 6) is 1.03. The monoisotopic (exact) mass is 316 g/mol. The highest BCUT2D eigenvalue weighted by atomic mass is 35.5. The Labute approximate surface area is 121 Å². The van der Waals surface area contributed by atoms with Crippen LogP contribution < -0.4 is 9.46 Å². The minimum Gasteiger partial charge on any atom is -0.495 e. The van der Waals surface area contributed by atoms with E-state index in [0.717, 1.165) is 0 Å². The lowest BCUT2D eigenvalue weighted by atomic mass is 10.3. The van der Waals surface area contributed by atoms with Gasteiger partial charge in [0.05, 0.1) is 29.3 Å². The molecule has 1 heterocycles. The third-order valence-electron chi connectivity index (χ3n) is 2.55. The van der Waals surface area contributed by atoms with Crippen molar-refractivity contribution in [2.24, 2.45) is 0 Å². The third kappa shape index (κ3) is 3.30. The molecular weight excluding hydrogens is 304 g/mol. The number of hydrogen-bond acceptors (Lipinski definition) is 5. The topological polar surface area (TPSA) is 81.4 Å². The van der Waals surface area contributed by atoms with Gasteiger partial charge in [-0.05, 0) is 25.1 Å². The van der Waals surface area contributed by atoms with Crippen molar-refractivity contribution in [1.29, 1.82) is 0 Å². The smallest absolute Gasteiger partial charge is 0.240 e. The van der Waals surface area contributed by atoms with E-state index in [2.05, 4.69) is 9.88 Å². The second-order valence-corrected chi connectivity index (χ2v) is 6.22. The van der Waals surface area contributed by atoms with Crippen LogP contribution >= 0.6 is 11.6 Å². The Morgan fingerprint density at radius 1 is 1.40 bits per heavy atom. The van der Waals surface area contributed by atoms with E-state index < -0.39 is 10.0 Å². The summed E-state index contributed by atoms with van der Waals surface area (Å²) in [6.07, 6.45) is 0. The first-order chi connectivity index (χ1) is 9.42. The number of ether oxygens (including phenoxy) is 1. The molecule has 0 saturated carbocycles. The van der Waals surface area contributed by atoms with Crippen LogP contribution in [0.1, 0.15) is 11.5 Å². The summed E-state index contributed by atoms with van der Waals surface area (Å²) in [4.78, 5) is 0.0588. The maximum atomic E-state index is 12.1. The van der Waals surface area contributed by atoms with Gasteiger partial charge in [0.15, 0.2) is 0 Å². The molecule has 1 aromatic carbocycles. The lowest BCUT2D eigenvalue weighted by molar-refractivity contribution is 0.390. The number of aryl methyl sites for hydroxylation is 1. The van der Waals surface area contributed by atoms with Crippen LogP contribution in [0.25, 0.3) is 0 Å². The standard InChI is InChI=1S/C12H13ClN2O4S/c1-8-5-9(15-19-8)7-14-20(16,17)10-3-4-12(18-2)11(13)6-10/h3-6,14H,7H2,1-2H3. The Bertz CT molecular complexity index is 712. The maximum absolute atomic E-state index is 12.1. The molecular formula is C12H13ClN2O4S. The van der Waals surface area contributed by atoms with Crippen molar-refractivity contribution < 1.29 is 17.7 Å². The largest absolute Gasteiger partial charge is 0.495 e. The average molecular weight is 317 g/mol. The number of hydrogen-bond donors (Lipinski definition) is 1. The first kappa shape index (κ1) is 14.8. The number of aromatic nitrogens is 1. The van der Waals surface area contributed by atoms with E-state index in [9.17, 15) is 8.42 Å². The SMILES string of the molecule is COc1ccc(S(=O)(=O)NCc2cc(C)on2)cc1Cl. The van der Waals surface area contributed by atoms with Crippen LogP contribution in [-0.4, -0.2) is 20.7 Å². The molecule has 0 aliphatic carbocycles. The number of halogens is 1. The lowest BCUT2D eigenvalue weighted by Gasteiger charge is -2.07. The molecule has 0 amide bonds. The highest BCUT2D eigenvalue weighted by molar-refractivity contribution is 7.89. The van der Waals surface area contributed by atoms with Gasteiger partial charge in [0.25, 0.3) is 0 Å². The number of benzene rings is 1. The molecule has 0 fully saturated rings.